The van der Waals surface area contributed by atoms with Crippen LogP contribution in [0.25, 0.3) is 0 Å². The molecule has 4 nitrogen and oxygen atoms in total. The minimum absolute atomic E-state index is 0.178. The number of nitrogens with one attached hydrogen (secondary N) is 1. The molecule has 1 amide bonds. The van der Waals surface area contributed by atoms with Crippen LogP contribution in [0.2, 0.25) is 0 Å². The summed E-state index contributed by atoms with van der Waals surface area (Å²) in [4.78, 5) is 16.0. The number of thiazole rings is 1. The van der Waals surface area contributed by atoms with Gasteiger partial charge in [0.15, 0.2) is 5.13 Å². The normalized spacial score (nSPS) is 12.1. The van der Waals surface area contributed by atoms with Gasteiger partial charge in [0.05, 0.1) is 5.69 Å². The first-order valence-corrected chi connectivity index (χ1v) is 6.89. The van der Waals surface area contributed by atoms with E-state index in [1.807, 2.05) is 23.6 Å². The predicted octanol–water partition coefficient (Wildman–Crippen LogP) is 2.71. The SMILES string of the molecule is CO[C@@H](C)C(=O)Nc1nc(Cc2ccccc2)cs1. The molecule has 2 rings (SSSR count). The first-order chi connectivity index (χ1) is 9.19. The minimum Gasteiger partial charge on any atom is -0.372 e. The number of anilines is 1. The molecule has 1 heterocycles. The third kappa shape index (κ3) is 3.87. The number of amides is 1. The molecule has 0 aliphatic carbocycles. The van der Waals surface area contributed by atoms with Crippen LogP contribution in [-0.2, 0) is 16.0 Å². The molecule has 1 N–H and O–H groups in total. The molecule has 5 heteroatoms. The second-order valence-electron chi connectivity index (χ2n) is 4.17. The molecule has 0 saturated heterocycles. The molecule has 0 aliphatic heterocycles. The zero-order chi connectivity index (χ0) is 13.7. The van der Waals surface area contributed by atoms with E-state index in [4.69, 9.17) is 4.74 Å². The van der Waals surface area contributed by atoms with Gasteiger partial charge in [0.25, 0.3) is 5.91 Å². The molecule has 19 heavy (non-hydrogen) atoms. The summed E-state index contributed by atoms with van der Waals surface area (Å²) in [6.45, 7) is 1.70. The zero-order valence-electron chi connectivity index (χ0n) is 10.9. The lowest BCUT2D eigenvalue weighted by Crippen LogP contribution is -2.26. The summed E-state index contributed by atoms with van der Waals surface area (Å²) in [7, 11) is 1.51. The van der Waals surface area contributed by atoms with Crippen molar-refractivity contribution in [3.05, 3.63) is 47.0 Å². The topological polar surface area (TPSA) is 51.2 Å². The van der Waals surface area contributed by atoms with Crippen molar-refractivity contribution in [2.75, 3.05) is 12.4 Å². The standard InChI is InChI=1S/C14H16N2O2S/c1-10(18-2)13(17)16-14-15-12(9-19-14)8-11-6-4-3-5-7-11/h3-7,9-10H,8H2,1-2H3,(H,15,16,17)/t10-/m0/s1. The molecule has 0 saturated carbocycles. The molecule has 1 atom stereocenters. The van der Waals surface area contributed by atoms with Crippen LogP contribution in [0, 0.1) is 0 Å². The maximum Gasteiger partial charge on any atom is 0.254 e. The fourth-order valence-corrected chi connectivity index (χ4v) is 2.28. The fourth-order valence-electron chi connectivity index (χ4n) is 1.56. The molecule has 0 aliphatic rings. The Morgan fingerprint density at radius 3 is 2.84 bits per heavy atom. The number of aromatic nitrogens is 1. The zero-order valence-corrected chi connectivity index (χ0v) is 11.7. The van der Waals surface area contributed by atoms with Gasteiger partial charge in [0, 0.05) is 18.9 Å². The van der Waals surface area contributed by atoms with Crippen LogP contribution in [0.3, 0.4) is 0 Å². The molecule has 0 fully saturated rings. The quantitative estimate of drug-likeness (QED) is 0.913. The predicted molar refractivity (Wildman–Crippen MR) is 76.5 cm³/mol. The van der Waals surface area contributed by atoms with Crippen LogP contribution < -0.4 is 5.32 Å². The van der Waals surface area contributed by atoms with Crippen molar-refractivity contribution in [2.45, 2.75) is 19.4 Å². The van der Waals surface area contributed by atoms with Crippen molar-refractivity contribution < 1.29 is 9.53 Å². The van der Waals surface area contributed by atoms with Gasteiger partial charge in [-0.05, 0) is 12.5 Å². The summed E-state index contributed by atoms with van der Waals surface area (Å²) < 4.78 is 4.95. The van der Waals surface area contributed by atoms with Gasteiger partial charge in [-0.1, -0.05) is 30.3 Å². The number of nitrogens with zero attached hydrogens (tertiary/aromatic N) is 1. The third-order valence-electron chi connectivity index (χ3n) is 2.73. The highest BCUT2D eigenvalue weighted by atomic mass is 32.1. The maximum atomic E-state index is 11.6. The molecule has 0 spiro atoms. The van der Waals surface area contributed by atoms with Gasteiger partial charge in [-0.2, -0.15) is 0 Å². The number of ether oxygens (including phenoxy) is 1. The molecule has 2 aromatic rings. The van der Waals surface area contributed by atoms with Gasteiger partial charge < -0.3 is 4.74 Å². The summed E-state index contributed by atoms with van der Waals surface area (Å²) in [6.07, 6.45) is 0.300. The Labute approximate surface area is 116 Å². The van der Waals surface area contributed by atoms with E-state index in [2.05, 4.69) is 22.4 Å². The van der Waals surface area contributed by atoms with Gasteiger partial charge >= 0.3 is 0 Å². The van der Waals surface area contributed by atoms with Crippen LogP contribution >= 0.6 is 11.3 Å². The number of carbonyl (C=O) groups is 1. The highest BCUT2D eigenvalue weighted by molar-refractivity contribution is 7.13. The summed E-state index contributed by atoms with van der Waals surface area (Å²) >= 11 is 1.43. The Hall–Kier alpha value is -1.72. The Kier molecular flexibility index (Phi) is 4.65. The van der Waals surface area contributed by atoms with Crippen molar-refractivity contribution in [1.82, 2.24) is 4.98 Å². The van der Waals surface area contributed by atoms with E-state index in [9.17, 15) is 4.79 Å². The summed E-state index contributed by atoms with van der Waals surface area (Å²) in [5.41, 5.74) is 2.16. The second kappa shape index (κ2) is 6.45. The van der Waals surface area contributed by atoms with Gasteiger partial charge in [-0.25, -0.2) is 4.98 Å². The van der Waals surface area contributed by atoms with Gasteiger partial charge in [-0.15, -0.1) is 11.3 Å². The molecule has 0 unspecified atom stereocenters. The second-order valence-corrected chi connectivity index (χ2v) is 5.03. The van der Waals surface area contributed by atoms with E-state index in [-0.39, 0.29) is 5.91 Å². The summed E-state index contributed by atoms with van der Waals surface area (Å²) in [5, 5.41) is 5.31. The summed E-state index contributed by atoms with van der Waals surface area (Å²) in [6, 6.07) is 10.1. The first-order valence-electron chi connectivity index (χ1n) is 6.01. The van der Waals surface area contributed by atoms with E-state index in [0.717, 1.165) is 12.1 Å². The van der Waals surface area contributed by atoms with Crippen molar-refractivity contribution >= 4 is 22.4 Å². The monoisotopic (exact) mass is 276 g/mol. The summed E-state index contributed by atoms with van der Waals surface area (Å²) in [5.74, 6) is -0.178. The number of methoxy groups -OCH3 is 1. The first kappa shape index (κ1) is 13.7. The maximum absolute atomic E-state index is 11.6. The number of carbonyl (C=O) groups excluding carboxylic acids is 1. The van der Waals surface area contributed by atoms with Gasteiger partial charge in [0.2, 0.25) is 0 Å². The fraction of sp³-hybridized carbons (Fsp3) is 0.286. The van der Waals surface area contributed by atoms with Crippen LogP contribution in [0.5, 0.6) is 0 Å². The molecular formula is C14H16N2O2S. The molecule has 0 bridgehead atoms. The van der Waals surface area contributed by atoms with E-state index in [0.29, 0.717) is 5.13 Å². The average molecular weight is 276 g/mol. The Balaban J connectivity index is 1.98. The minimum atomic E-state index is -0.471. The molecular weight excluding hydrogens is 260 g/mol. The van der Waals surface area contributed by atoms with Crippen molar-refractivity contribution in [2.24, 2.45) is 0 Å². The van der Waals surface area contributed by atoms with Crippen molar-refractivity contribution in [3.8, 4) is 0 Å². The van der Waals surface area contributed by atoms with E-state index in [1.54, 1.807) is 6.92 Å². The number of hydrogen-bond acceptors (Lipinski definition) is 4. The van der Waals surface area contributed by atoms with Gasteiger partial charge in [0.1, 0.15) is 6.10 Å². The van der Waals surface area contributed by atoms with E-state index >= 15 is 0 Å². The Morgan fingerprint density at radius 2 is 2.16 bits per heavy atom. The molecule has 0 radical (unpaired) electrons. The number of benzene rings is 1. The van der Waals surface area contributed by atoms with Crippen molar-refractivity contribution in [3.63, 3.8) is 0 Å². The molecule has 100 valence electrons. The average Bonchev–Trinajstić information content (AvgIpc) is 2.86. The van der Waals surface area contributed by atoms with Gasteiger partial charge in [-0.3, -0.25) is 10.1 Å². The lowest BCUT2D eigenvalue weighted by atomic mass is 10.1. The molecule has 1 aromatic carbocycles. The lowest BCUT2D eigenvalue weighted by molar-refractivity contribution is -0.124. The highest BCUT2D eigenvalue weighted by Gasteiger charge is 2.13. The smallest absolute Gasteiger partial charge is 0.254 e. The third-order valence-corrected chi connectivity index (χ3v) is 3.54. The van der Waals surface area contributed by atoms with E-state index < -0.39 is 6.10 Å². The van der Waals surface area contributed by atoms with Crippen molar-refractivity contribution in [1.29, 1.82) is 0 Å². The lowest BCUT2D eigenvalue weighted by Gasteiger charge is -2.07. The van der Waals surface area contributed by atoms with Crippen LogP contribution in [0.1, 0.15) is 18.2 Å². The van der Waals surface area contributed by atoms with Crippen LogP contribution in [0.15, 0.2) is 35.7 Å². The highest BCUT2D eigenvalue weighted by Crippen LogP contribution is 2.18. The van der Waals surface area contributed by atoms with E-state index in [1.165, 1.54) is 24.0 Å². The number of hydrogen-bond donors (Lipinski definition) is 1. The van der Waals surface area contributed by atoms with Crippen LogP contribution in [-0.4, -0.2) is 24.1 Å². The Bertz CT molecular complexity index is 539. The Morgan fingerprint density at radius 1 is 1.42 bits per heavy atom. The largest absolute Gasteiger partial charge is 0.372 e. The van der Waals surface area contributed by atoms with Crippen LogP contribution in [0.4, 0.5) is 5.13 Å². The number of rotatable bonds is 5. The molecule has 1 aromatic heterocycles.